The lowest BCUT2D eigenvalue weighted by Crippen LogP contribution is -2.57. The molecule has 4 rings (SSSR count). The highest BCUT2D eigenvalue weighted by atomic mass is 16.5. The molecule has 8 atom stereocenters. The molecule has 3 fully saturated rings. The Morgan fingerprint density at radius 2 is 1.97 bits per heavy atom. The lowest BCUT2D eigenvalue weighted by Gasteiger charge is -2.60. The van der Waals surface area contributed by atoms with Crippen molar-refractivity contribution in [2.24, 2.45) is 40.4 Å². The van der Waals surface area contributed by atoms with Crippen molar-refractivity contribution in [1.82, 2.24) is 0 Å². The maximum atomic E-state index is 13.8. The summed E-state index contributed by atoms with van der Waals surface area (Å²) in [4.78, 5) is 36.9. The number of ketones is 1. The van der Waals surface area contributed by atoms with Crippen LogP contribution in [-0.2, 0) is 23.9 Å². The Morgan fingerprint density at radius 3 is 2.66 bits per heavy atom. The normalized spacial score (nSPS) is 41.6. The van der Waals surface area contributed by atoms with Gasteiger partial charge < -0.3 is 9.47 Å². The lowest BCUT2D eigenvalue weighted by atomic mass is 9.44. The first-order valence-corrected chi connectivity index (χ1v) is 12.6. The second kappa shape index (κ2) is 8.61. The van der Waals surface area contributed by atoms with E-state index in [-0.39, 0.29) is 34.8 Å². The first-order chi connectivity index (χ1) is 15.1. The molecule has 0 radical (unpaired) electrons. The third-order valence-electron chi connectivity index (χ3n) is 9.82. The Hall–Kier alpha value is -1.65. The zero-order valence-corrected chi connectivity index (χ0v) is 20.4. The topological polar surface area (TPSA) is 69.7 Å². The Bertz CT molecular complexity index is 815. The number of rotatable bonds is 5. The molecule has 0 aromatic carbocycles. The molecule has 0 saturated heterocycles. The van der Waals surface area contributed by atoms with Crippen LogP contribution in [0.3, 0.4) is 0 Å². The third kappa shape index (κ3) is 3.84. The van der Waals surface area contributed by atoms with Gasteiger partial charge in [-0.05, 0) is 79.4 Å². The average molecular weight is 445 g/mol. The molecule has 0 heterocycles. The predicted molar refractivity (Wildman–Crippen MR) is 122 cm³/mol. The monoisotopic (exact) mass is 444 g/mol. The minimum Gasteiger partial charge on any atom is -0.469 e. The molecule has 3 saturated carbocycles. The van der Waals surface area contributed by atoms with Gasteiger partial charge in [-0.3, -0.25) is 14.4 Å². The van der Waals surface area contributed by atoms with Gasteiger partial charge >= 0.3 is 11.9 Å². The molecule has 3 unspecified atom stereocenters. The standard InChI is InChI=1S/C27H40O5/c1-16(6-11-24(30)31-5)21-9-10-22-20-8-7-18-14-19(32-17(2)28)12-13-26(18,3)25(20)23(29)15-27(21,22)4/h9,16,18-20,22,25H,6-8,10-15H2,1-5H3/t16-,18-,19+,20?,22?,25?,26+,27-/m1/s1. The number of hydrogen-bond acceptors (Lipinski definition) is 5. The highest BCUT2D eigenvalue weighted by Gasteiger charge is 2.62. The Kier molecular flexibility index (Phi) is 6.32. The maximum Gasteiger partial charge on any atom is 0.305 e. The maximum absolute atomic E-state index is 13.8. The van der Waals surface area contributed by atoms with Crippen LogP contribution < -0.4 is 0 Å². The molecule has 0 bridgehead atoms. The van der Waals surface area contributed by atoms with Crippen LogP contribution in [-0.4, -0.2) is 30.9 Å². The molecule has 4 aliphatic rings. The van der Waals surface area contributed by atoms with Crippen molar-refractivity contribution in [2.75, 3.05) is 7.11 Å². The fraction of sp³-hybridized carbons (Fsp3) is 0.815. The van der Waals surface area contributed by atoms with Crippen LogP contribution in [0.2, 0.25) is 0 Å². The van der Waals surface area contributed by atoms with Crippen molar-refractivity contribution >= 4 is 17.7 Å². The number of methoxy groups -OCH3 is 1. The van der Waals surface area contributed by atoms with E-state index < -0.39 is 0 Å². The van der Waals surface area contributed by atoms with Gasteiger partial charge in [-0.25, -0.2) is 0 Å². The van der Waals surface area contributed by atoms with E-state index in [1.54, 1.807) is 0 Å². The fourth-order valence-corrected chi connectivity index (χ4v) is 8.34. The van der Waals surface area contributed by atoms with Gasteiger partial charge in [0.05, 0.1) is 7.11 Å². The van der Waals surface area contributed by atoms with Crippen LogP contribution in [0.5, 0.6) is 0 Å². The van der Waals surface area contributed by atoms with Gasteiger partial charge in [-0.15, -0.1) is 0 Å². The molecular formula is C27H40O5. The average Bonchev–Trinajstić information content (AvgIpc) is 3.07. The SMILES string of the molecule is COC(=O)CC[C@@H](C)C1=CCC2C3CC[C@@H]4C[C@@H](OC(C)=O)CC[C@]4(C)C3C(=O)C[C@]12C. The van der Waals surface area contributed by atoms with Gasteiger partial charge in [0.25, 0.3) is 0 Å². The van der Waals surface area contributed by atoms with Gasteiger partial charge in [-0.2, -0.15) is 0 Å². The summed E-state index contributed by atoms with van der Waals surface area (Å²) in [5.41, 5.74) is 1.34. The van der Waals surface area contributed by atoms with E-state index >= 15 is 0 Å². The highest BCUT2D eigenvalue weighted by molar-refractivity contribution is 5.85. The van der Waals surface area contributed by atoms with Gasteiger partial charge in [0.1, 0.15) is 11.9 Å². The van der Waals surface area contributed by atoms with E-state index in [9.17, 15) is 14.4 Å². The van der Waals surface area contributed by atoms with Crippen LogP contribution in [0.1, 0.15) is 85.5 Å². The summed E-state index contributed by atoms with van der Waals surface area (Å²) < 4.78 is 10.4. The van der Waals surface area contributed by atoms with Gasteiger partial charge in [0, 0.05) is 25.7 Å². The predicted octanol–water partition coefficient (Wildman–Crippen LogP) is 5.27. The zero-order valence-electron chi connectivity index (χ0n) is 20.4. The molecule has 0 aromatic rings. The highest BCUT2D eigenvalue weighted by Crippen LogP contribution is 2.66. The summed E-state index contributed by atoms with van der Waals surface area (Å²) in [6.45, 7) is 8.35. The largest absolute Gasteiger partial charge is 0.469 e. The van der Waals surface area contributed by atoms with Crippen molar-refractivity contribution in [3.8, 4) is 0 Å². The van der Waals surface area contributed by atoms with Crippen molar-refractivity contribution < 1.29 is 23.9 Å². The summed E-state index contributed by atoms with van der Waals surface area (Å²) in [7, 11) is 1.44. The molecule has 0 amide bonds. The fourth-order valence-electron chi connectivity index (χ4n) is 8.34. The number of esters is 2. The minimum absolute atomic E-state index is 0.0153. The van der Waals surface area contributed by atoms with E-state index in [1.165, 1.54) is 19.6 Å². The van der Waals surface area contributed by atoms with E-state index in [2.05, 4.69) is 26.8 Å². The summed E-state index contributed by atoms with van der Waals surface area (Å²) in [5.74, 6) is 1.94. The molecule has 0 spiro atoms. The molecular weight excluding hydrogens is 404 g/mol. The zero-order chi connectivity index (χ0) is 23.3. The first-order valence-electron chi connectivity index (χ1n) is 12.6. The van der Waals surface area contributed by atoms with Crippen LogP contribution in [0, 0.1) is 40.4 Å². The molecule has 0 aromatic heterocycles. The Labute approximate surface area is 192 Å². The first kappa shape index (κ1) is 23.5. The molecule has 178 valence electrons. The number of carbonyl (C=O) groups excluding carboxylic acids is 3. The number of hydrogen-bond donors (Lipinski definition) is 0. The van der Waals surface area contributed by atoms with E-state index in [0.717, 1.165) is 44.9 Å². The van der Waals surface area contributed by atoms with Crippen molar-refractivity contribution in [3.05, 3.63) is 11.6 Å². The summed E-state index contributed by atoms with van der Waals surface area (Å²) in [6, 6.07) is 0. The van der Waals surface area contributed by atoms with E-state index in [0.29, 0.717) is 42.3 Å². The van der Waals surface area contributed by atoms with Crippen LogP contribution in [0.25, 0.3) is 0 Å². The van der Waals surface area contributed by atoms with Gasteiger partial charge in [0.2, 0.25) is 0 Å². The van der Waals surface area contributed by atoms with Gasteiger partial charge in [0.15, 0.2) is 0 Å². The number of carbonyl (C=O) groups is 3. The number of ether oxygens (including phenoxy) is 2. The smallest absolute Gasteiger partial charge is 0.305 e. The van der Waals surface area contributed by atoms with E-state index in [4.69, 9.17) is 9.47 Å². The number of fused-ring (bicyclic) bond motifs is 5. The summed E-state index contributed by atoms with van der Waals surface area (Å²) in [6.07, 6.45) is 10.3. The molecule has 0 aliphatic heterocycles. The van der Waals surface area contributed by atoms with Gasteiger partial charge in [-0.1, -0.05) is 32.4 Å². The van der Waals surface area contributed by atoms with Crippen LogP contribution in [0.15, 0.2) is 11.6 Å². The number of Topliss-reactive ketones (excluding diaryl/α,β-unsaturated/α-hetero) is 1. The molecule has 5 heteroatoms. The quantitative estimate of drug-likeness (QED) is 0.427. The Balaban J connectivity index is 1.51. The second-order valence-corrected chi connectivity index (χ2v) is 11.5. The van der Waals surface area contributed by atoms with Crippen molar-refractivity contribution in [2.45, 2.75) is 91.6 Å². The lowest BCUT2D eigenvalue weighted by molar-refractivity contribution is -0.166. The van der Waals surface area contributed by atoms with Crippen LogP contribution in [0.4, 0.5) is 0 Å². The Morgan fingerprint density at radius 1 is 1.22 bits per heavy atom. The minimum atomic E-state index is -0.192. The van der Waals surface area contributed by atoms with Crippen LogP contribution >= 0.6 is 0 Å². The summed E-state index contributed by atoms with van der Waals surface area (Å²) in [5, 5.41) is 0. The summed E-state index contributed by atoms with van der Waals surface area (Å²) >= 11 is 0. The number of allylic oxidation sites excluding steroid dienone is 2. The molecule has 32 heavy (non-hydrogen) atoms. The molecule has 5 nitrogen and oxygen atoms in total. The molecule has 0 N–H and O–H groups in total. The van der Waals surface area contributed by atoms with Crippen molar-refractivity contribution in [3.63, 3.8) is 0 Å². The van der Waals surface area contributed by atoms with Crippen molar-refractivity contribution in [1.29, 1.82) is 0 Å². The van der Waals surface area contributed by atoms with E-state index in [1.807, 2.05) is 0 Å². The third-order valence-corrected chi connectivity index (χ3v) is 9.82. The second-order valence-electron chi connectivity index (χ2n) is 11.5. The molecule has 4 aliphatic carbocycles.